The molecule has 0 fully saturated rings. The van der Waals surface area contributed by atoms with Crippen LogP contribution in [0.3, 0.4) is 0 Å². The van der Waals surface area contributed by atoms with E-state index in [0.29, 0.717) is 29.2 Å². The van der Waals surface area contributed by atoms with Gasteiger partial charge in [-0.1, -0.05) is 54.6 Å². The van der Waals surface area contributed by atoms with Crippen LogP contribution in [0.5, 0.6) is 5.75 Å². The fraction of sp³-hybridized carbons (Fsp3) is 0.0833. The normalized spacial score (nSPS) is 10.3. The third-order valence-corrected chi connectivity index (χ3v) is 4.79. The average molecular weight is 411 g/mol. The molecule has 2 heterocycles. The summed E-state index contributed by atoms with van der Waals surface area (Å²) in [6.45, 7) is 0.405. The lowest BCUT2D eigenvalue weighted by molar-refractivity contribution is 0.0951. The van der Waals surface area contributed by atoms with Crippen LogP contribution in [0.25, 0.3) is 16.9 Å². The third kappa shape index (κ3) is 4.43. The highest BCUT2D eigenvalue weighted by molar-refractivity contribution is 5.93. The SMILES string of the molecule is COc1cc(-n2cc(C(=O)NCc3ccc(-c4ccccc4)cc3)cn2)ncc1C#N.[HH]. The number of pyridine rings is 1. The second kappa shape index (κ2) is 8.93. The number of carbonyl (C=O) groups is 1. The number of benzene rings is 2. The Labute approximate surface area is 181 Å². The lowest BCUT2D eigenvalue weighted by Crippen LogP contribution is -2.22. The topological polar surface area (TPSA) is 92.8 Å². The fourth-order valence-corrected chi connectivity index (χ4v) is 3.10. The summed E-state index contributed by atoms with van der Waals surface area (Å²) in [5.74, 6) is 0.610. The van der Waals surface area contributed by atoms with Crippen LogP contribution >= 0.6 is 0 Å². The summed E-state index contributed by atoms with van der Waals surface area (Å²) in [6, 6.07) is 21.8. The van der Waals surface area contributed by atoms with Crippen LogP contribution < -0.4 is 10.1 Å². The molecule has 2 aromatic carbocycles. The van der Waals surface area contributed by atoms with Gasteiger partial charge in [-0.05, 0) is 16.7 Å². The lowest BCUT2D eigenvalue weighted by Gasteiger charge is -2.06. The molecule has 2 aromatic heterocycles. The Morgan fingerprint density at radius 1 is 1.13 bits per heavy atom. The number of rotatable bonds is 6. The molecule has 4 rings (SSSR count). The maximum atomic E-state index is 12.5. The Kier molecular flexibility index (Phi) is 5.72. The van der Waals surface area contributed by atoms with E-state index in [4.69, 9.17) is 10.00 Å². The molecule has 154 valence electrons. The Hall–Kier alpha value is -4.44. The van der Waals surface area contributed by atoms with E-state index in [1.54, 1.807) is 12.3 Å². The van der Waals surface area contributed by atoms with Gasteiger partial charge in [-0.3, -0.25) is 4.79 Å². The van der Waals surface area contributed by atoms with Gasteiger partial charge in [-0.15, -0.1) is 0 Å². The van der Waals surface area contributed by atoms with Gasteiger partial charge < -0.3 is 10.1 Å². The van der Waals surface area contributed by atoms with Crippen LogP contribution in [-0.2, 0) is 6.54 Å². The van der Waals surface area contributed by atoms with E-state index in [2.05, 4.69) is 27.5 Å². The number of nitrogens with one attached hydrogen (secondary N) is 1. The molecule has 0 radical (unpaired) electrons. The van der Waals surface area contributed by atoms with Crippen molar-refractivity contribution in [3.63, 3.8) is 0 Å². The van der Waals surface area contributed by atoms with Crippen molar-refractivity contribution in [2.45, 2.75) is 6.54 Å². The molecular formula is C24H21N5O2. The maximum Gasteiger partial charge on any atom is 0.254 e. The number of nitriles is 1. The highest BCUT2D eigenvalue weighted by Gasteiger charge is 2.12. The molecule has 0 bridgehead atoms. The minimum atomic E-state index is -0.237. The summed E-state index contributed by atoms with van der Waals surface area (Å²) in [5, 5.41) is 16.2. The van der Waals surface area contributed by atoms with Crippen molar-refractivity contribution in [3.8, 4) is 28.8 Å². The Morgan fingerprint density at radius 2 is 1.87 bits per heavy atom. The Balaban J connectivity index is 0.00000289. The lowest BCUT2D eigenvalue weighted by atomic mass is 10.0. The highest BCUT2D eigenvalue weighted by atomic mass is 16.5. The summed E-state index contributed by atoms with van der Waals surface area (Å²) in [4.78, 5) is 16.7. The van der Waals surface area contributed by atoms with Gasteiger partial charge in [0.05, 0.1) is 25.1 Å². The number of aromatic nitrogens is 3. The van der Waals surface area contributed by atoms with Gasteiger partial charge in [-0.2, -0.15) is 10.4 Å². The first-order valence-corrected chi connectivity index (χ1v) is 9.59. The smallest absolute Gasteiger partial charge is 0.254 e. The van der Waals surface area contributed by atoms with Crippen LogP contribution in [0.15, 0.2) is 79.3 Å². The molecule has 0 aliphatic rings. The van der Waals surface area contributed by atoms with E-state index < -0.39 is 0 Å². The zero-order valence-electron chi connectivity index (χ0n) is 16.8. The average Bonchev–Trinajstić information content (AvgIpc) is 3.33. The highest BCUT2D eigenvalue weighted by Crippen LogP contribution is 2.20. The van der Waals surface area contributed by atoms with Crippen LogP contribution in [-0.4, -0.2) is 27.8 Å². The largest absolute Gasteiger partial charge is 0.495 e. The van der Waals surface area contributed by atoms with Crippen LogP contribution in [0.2, 0.25) is 0 Å². The number of methoxy groups -OCH3 is 1. The second-order valence-electron chi connectivity index (χ2n) is 6.77. The molecule has 1 N–H and O–H groups in total. The van der Waals surface area contributed by atoms with Crippen molar-refractivity contribution >= 4 is 5.91 Å². The molecular weight excluding hydrogens is 390 g/mol. The predicted molar refractivity (Wildman–Crippen MR) is 118 cm³/mol. The molecule has 0 unspecified atom stereocenters. The second-order valence-corrected chi connectivity index (χ2v) is 6.77. The first-order chi connectivity index (χ1) is 15.2. The third-order valence-electron chi connectivity index (χ3n) is 4.79. The summed E-state index contributed by atoms with van der Waals surface area (Å²) in [6.07, 6.45) is 4.47. The molecule has 0 saturated heterocycles. The van der Waals surface area contributed by atoms with Crippen molar-refractivity contribution in [2.75, 3.05) is 7.11 Å². The standard InChI is InChI=1S/C24H19N5O2.H2/c1-31-22-11-23(26-14-20(22)12-25)29-16-21(15-28-29)24(30)27-13-17-7-9-19(10-8-17)18-5-3-2-4-6-18;/h2-11,14-16H,13H2,1H3,(H,27,30);1H. The van der Waals surface area contributed by atoms with Crippen LogP contribution in [0.1, 0.15) is 22.9 Å². The number of ether oxygens (including phenoxy) is 1. The zero-order chi connectivity index (χ0) is 21.6. The van der Waals surface area contributed by atoms with Crippen molar-refractivity contribution in [1.82, 2.24) is 20.1 Å². The first kappa shape index (κ1) is 19.9. The minimum absolute atomic E-state index is 0. The van der Waals surface area contributed by atoms with E-state index in [0.717, 1.165) is 16.7 Å². The number of carbonyl (C=O) groups excluding carboxylic acids is 1. The van der Waals surface area contributed by atoms with Gasteiger partial charge in [0.15, 0.2) is 5.82 Å². The molecule has 0 spiro atoms. The van der Waals surface area contributed by atoms with Crippen LogP contribution in [0, 0.1) is 11.3 Å². The quantitative estimate of drug-likeness (QED) is 0.518. The van der Waals surface area contributed by atoms with E-state index in [-0.39, 0.29) is 7.33 Å². The minimum Gasteiger partial charge on any atom is -0.495 e. The van der Waals surface area contributed by atoms with E-state index in [9.17, 15) is 4.79 Å². The van der Waals surface area contributed by atoms with E-state index >= 15 is 0 Å². The van der Waals surface area contributed by atoms with E-state index in [1.165, 1.54) is 24.2 Å². The van der Waals surface area contributed by atoms with Crippen molar-refractivity contribution in [3.05, 3.63) is 95.9 Å². The Bertz CT molecular complexity index is 1250. The molecule has 7 nitrogen and oxygen atoms in total. The summed E-state index contributed by atoms with van der Waals surface area (Å²) in [5.41, 5.74) is 4.01. The first-order valence-electron chi connectivity index (χ1n) is 9.59. The van der Waals surface area contributed by atoms with Gasteiger partial charge in [0, 0.05) is 20.2 Å². The number of amides is 1. The summed E-state index contributed by atoms with van der Waals surface area (Å²) >= 11 is 0. The summed E-state index contributed by atoms with van der Waals surface area (Å²) in [7, 11) is 1.48. The monoisotopic (exact) mass is 411 g/mol. The molecule has 0 atom stereocenters. The molecule has 7 heteroatoms. The van der Waals surface area contributed by atoms with Crippen LogP contribution in [0.4, 0.5) is 0 Å². The zero-order valence-corrected chi connectivity index (χ0v) is 16.8. The molecule has 0 aliphatic carbocycles. The van der Waals surface area contributed by atoms with Gasteiger partial charge in [0.25, 0.3) is 5.91 Å². The fourth-order valence-electron chi connectivity index (χ4n) is 3.10. The Morgan fingerprint density at radius 3 is 2.58 bits per heavy atom. The van der Waals surface area contributed by atoms with Gasteiger partial charge in [-0.25, -0.2) is 9.67 Å². The molecule has 0 saturated carbocycles. The number of hydrogen-bond donors (Lipinski definition) is 1. The maximum absolute atomic E-state index is 12.5. The predicted octanol–water partition coefficient (Wildman–Crippen LogP) is 3.99. The number of nitrogens with zero attached hydrogens (tertiary/aromatic N) is 4. The van der Waals surface area contributed by atoms with Crippen molar-refractivity contribution < 1.29 is 11.0 Å². The van der Waals surface area contributed by atoms with Crippen molar-refractivity contribution in [1.29, 1.82) is 5.26 Å². The summed E-state index contributed by atoms with van der Waals surface area (Å²) < 4.78 is 6.66. The molecule has 4 aromatic rings. The van der Waals surface area contributed by atoms with Gasteiger partial charge in [0.1, 0.15) is 17.4 Å². The van der Waals surface area contributed by atoms with Gasteiger partial charge in [0.2, 0.25) is 0 Å². The van der Waals surface area contributed by atoms with Gasteiger partial charge >= 0.3 is 0 Å². The molecule has 0 aliphatic heterocycles. The van der Waals surface area contributed by atoms with Crippen molar-refractivity contribution in [2.24, 2.45) is 0 Å². The molecule has 31 heavy (non-hydrogen) atoms. The van der Waals surface area contributed by atoms with E-state index in [1.807, 2.05) is 48.5 Å². The molecule has 1 amide bonds. The number of hydrogen-bond acceptors (Lipinski definition) is 5.